The lowest BCUT2D eigenvalue weighted by atomic mass is 10.1. The number of aryl methyl sites for hydroxylation is 1. The number of carboxylic acids is 1. The normalized spacial score (nSPS) is 10.6. The molecule has 88 valence electrons. The predicted molar refractivity (Wildman–Crippen MR) is 65.5 cm³/mol. The summed E-state index contributed by atoms with van der Waals surface area (Å²) in [5.41, 5.74) is 0.0427. The SMILES string of the molecule is CCCn1cc(C(=O)O)c2ccccc2c1=O. The average molecular weight is 231 g/mol. The van der Waals surface area contributed by atoms with Gasteiger partial charge in [-0.05, 0) is 12.5 Å². The molecule has 0 radical (unpaired) electrons. The number of pyridine rings is 1. The monoisotopic (exact) mass is 231 g/mol. The lowest BCUT2D eigenvalue weighted by Gasteiger charge is -2.08. The summed E-state index contributed by atoms with van der Waals surface area (Å²) in [5.74, 6) is -1.01. The summed E-state index contributed by atoms with van der Waals surface area (Å²) in [6.45, 7) is 2.48. The van der Waals surface area contributed by atoms with Crippen LogP contribution in [0.2, 0.25) is 0 Å². The van der Waals surface area contributed by atoms with Gasteiger partial charge in [0, 0.05) is 23.5 Å². The van der Waals surface area contributed by atoms with Gasteiger partial charge in [0.2, 0.25) is 0 Å². The van der Waals surface area contributed by atoms with E-state index in [9.17, 15) is 9.59 Å². The van der Waals surface area contributed by atoms with E-state index in [4.69, 9.17) is 5.11 Å². The molecule has 0 aliphatic carbocycles. The Bertz CT molecular complexity index is 628. The Morgan fingerprint density at radius 1 is 1.29 bits per heavy atom. The number of hydrogen-bond acceptors (Lipinski definition) is 2. The fraction of sp³-hybridized carbons (Fsp3) is 0.231. The van der Waals surface area contributed by atoms with Gasteiger partial charge < -0.3 is 9.67 Å². The number of benzene rings is 1. The Hall–Kier alpha value is -2.10. The van der Waals surface area contributed by atoms with Gasteiger partial charge in [-0.15, -0.1) is 0 Å². The van der Waals surface area contributed by atoms with E-state index in [0.29, 0.717) is 17.3 Å². The van der Waals surface area contributed by atoms with Crippen molar-refractivity contribution in [3.8, 4) is 0 Å². The minimum absolute atomic E-state index is 0.132. The van der Waals surface area contributed by atoms with Crippen molar-refractivity contribution in [3.63, 3.8) is 0 Å². The van der Waals surface area contributed by atoms with Gasteiger partial charge in [0.05, 0.1) is 5.56 Å². The number of aromatic nitrogens is 1. The number of aromatic carboxylic acids is 1. The molecule has 0 atom stereocenters. The summed E-state index contributed by atoms with van der Waals surface area (Å²) in [6, 6.07) is 6.80. The summed E-state index contributed by atoms with van der Waals surface area (Å²) < 4.78 is 1.46. The van der Waals surface area contributed by atoms with Crippen LogP contribution < -0.4 is 5.56 Å². The van der Waals surface area contributed by atoms with Crippen LogP contribution in [0, 0.1) is 0 Å². The van der Waals surface area contributed by atoms with E-state index in [2.05, 4.69) is 0 Å². The summed E-state index contributed by atoms with van der Waals surface area (Å²) in [4.78, 5) is 23.2. The van der Waals surface area contributed by atoms with Gasteiger partial charge in [0.25, 0.3) is 5.56 Å². The van der Waals surface area contributed by atoms with Crippen molar-refractivity contribution in [2.45, 2.75) is 19.9 Å². The Morgan fingerprint density at radius 2 is 1.94 bits per heavy atom. The Balaban J connectivity index is 2.85. The van der Waals surface area contributed by atoms with Gasteiger partial charge in [-0.2, -0.15) is 0 Å². The summed E-state index contributed by atoms with van der Waals surface area (Å²) in [7, 11) is 0. The van der Waals surface area contributed by atoms with Crippen LogP contribution in [0.25, 0.3) is 10.8 Å². The highest BCUT2D eigenvalue weighted by Gasteiger charge is 2.12. The number of carboxylic acid groups (broad SMARTS) is 1. The minimum atomic E-state index is -1.01. The lowest BCUT2D eigenvalue weighted by Crippen LogP contribution is -2.21. The molecule has 1 heterocycles. The summed E-state index contributed by atoms with van der Waals surface area (Å²) in [6.07, 6.45) is 2.22. The number of rotatable bonds is 3. The maximum absolute atomic E-state index is 12.1. The fourth-order valence-corrected chi connectivity index (χ4v) is 1.92. The first-order valence-electron chi connectivity index (χ1n) is 5.50. The topological polar surface area (TPSA) is 59.3 Å². The van der Waals surface area contributed by atoms with Crippen molar-refractivity contribution in [2.24, 2.45) is 0 Å². The van der Waals surface area contributed by atoms with E-state index in [1.165, 1.54) is 10.8 Å². The molecule has 0 aliphatic heterocycles. The quantitative estimate of drug-likeness (QED) is 0.880. The van der Waals surface area contributed by atoms with Gasteiger partial charge in [-0.1, -0.05) is 25.1 Å². The lowest BCUT2D eigenvalue weighted by molar-refractivity contribution is 0.0698. The molecule has 0 saturated carbocycles. The van der Waals surface area contributed by atoms with Gasteiger partial charge in [-0.25, -0.2) is 4.79 Å². The third-order valence-corrected chi connectivity index (χ3v) is 2.69. The second-order valence-electron chi connectivity index (χ2n) is 3.89. The van der Waals surface area contributed by atoms with Crippen LogP contribution in [0.3, 0.4) is 0 Å². The second-order valence-corrected chi connectivity index (χ2v) is 3.89. The molecule has 2 aromatic rings. The maximum atomic E-state index is 12.1. The Morgan fingerprint density at radius 3 is 2.53 bits per heavy atom. The molecule has 0 unspecified atom stereocenters. The number of hydrogen-bond donors (Lipinski definition) is 1. The molecular formula is C13H13NO3. The predicted octanol–water partition coefficient (Wildman–Crippen LogP) is 2.11. The third kappa shape index (κ3) is 1.93. The molecule has 0 spiro atoms. The van der Waals surface area contributed by atoms with Crippen molar-refractivity contribution in [1.82, 2.24) is 4.57 Å². The highest BCUT2D eigenvalue weighted by atomic mass is 16.4. The van der Waals surface area contributed by atoms with Crippen LogP contribution in [0.4, 0.5) is 0 Å². The Kier molecular flexibility index (Phi) is 2.95. The molecule has 4 heteroatoms. The molecule has 0 bridgehead atoms. The minimum Gasteiger partial charge on any atom is -0.478 e. The van der Waals surface area contributed by atoms with E-state index in [0.717, 1.165) is 6.42 Å². The van der Waals surface area contributed by atoms with E-state index >= 15 is 0 Å². The second kappa shape index (κ2) is 4.41. The standard InChI is InChI=1S/C13H13NO3/c1-2-7-14-8-11(13(16)17)9-5-3-4-6-10(9)12(14)15/h3-6,8H,2,7H2,1H3,(H,16,17). The first-order valence-corrected chi connectivity index (χ1v) is 5.50. The van der Waals surface area contributed by atoms with Gasteiger partial charge in [-0.3, -0.25) is 4.79 Å². The molecule has 1 N–H and O–H groups in total. The smallest absolute Gasteiger partial charge is 0.337 e. The first-order chi connectivity index (χ1) is 8.15. The van der Waals surface area contributed by atoms with Crippen molar-refractivity contribution in [3.05, 3.63) is 46.4 Å². The fourth-order valence-electron chi connectivity index (χ4n) is 1.92. The number of fused-ring (bicyclic) bond motifs is 1. The summed E-state index contributed by atoms with van der Waals surface area (Å²) >= 11 is 0. The summed E-state index contributed by atoms with van der Waals surface area (Å²) in [5, 5.41) is 10.1. The van der Waals surface area contributed by atoms with Crippen LogP contribution in [0.1, 0.15) is 23.7 Å². The molecule has 17 heavy (non-hydrogen) atoms. The van der Waals surface area contributed by atoms with Crippen molar-refractivity contribution < 1.29 is 9.90 Å². The first kappa shape index (κ1) is 11.4. The zero-order chi connectivity index (χ0) is 12.4. The van der Waals surface area contributed by atoms with Crippen molar-refractivity contribution >= 4 is 16.7 Å². The van der Waals surface area contributed by atoms with Crippen LogP contribution in [0.15, 0.2) is 35.3 Å². The van der Waals surface area contributed by atoms with Crippen LogP contribution in [0.5, 0.6) is 0 Å². The van der Waals surface area contributed by atoms with Gasteiger partial charge in [0.15, 0.2) is 0 Å². The van der Waals surface area contributed by atoms with Crippen molar-refractivity contribution in [1.29, 1.82) is 0 Å². The van der Waals surface area contributed by atoms with E-state index in [-0.39, 0.29) is 11.1 Å². The molecule has 1 aromatic heterocycles. The maximum Gasteiger partial charge on any atom is 0.337 e. The molecule has 4 nitrogen and oxygen atoms in total. The Labute approximate surface area is 98.1 Å². The molecule has 2 rings (SSSR count). The zero-order valence-electron chi connectivity index (χ0n) is 9.51. The van der Waals surface area contributed by atoms with E-state index in [1.54, 1.807) is 24.3 Å². The zero-order valence-corrected chi connectivity index (χ0v) is 9.51. The molecule has 0 saturated heterocycles. The largest absolute Gasteiger partial charge is 0.478 e. The van der Waals surface area contributed by atoms with Crippen LogP contribution in [-0.2, 0) is 6.54 Å². The highest BCUT2D eigenvalue weighted by Crippen LogP contribution is 2.15. The highest BCUT2D eigenvalue weighted by molar-refractivity contribution is 6.02. The van der Waals surface area contributed by atoms with Gasteiger partial charge >= 0.3 is 5.97 Å². The van der Waals surface area contributed by atoms with E-state index < -0.39 is 5.97 Å². The molecule has 0 aliphatic rings. The molecule has 0 amide bonds. The molecule has 1 aromatic carbocycles. The van der Waals surface area contributed by atoms with Crippen LogP contribution in [-0.4, -0.2) is 15.6 Å². The van der Waals surface area contributed by atoms with Crippen molar-refractivity contribution in [2.75, 3.05) is 0 Å². The molecule has 0 fully saturated rings. The molecular weight excluding hydrogens is 218 g/mol. The van der Waals surface area contributed by atoms with E-state index in [1.807, 2.05) is 6.92 Å². The average Bonchev–Trinajstić information content (AvgIpc) is 2.32. The van der Waals surface area contributed by atoms with Gasteiger partial charge in [0.1, 0.15) is 0 Å². The third-order valence-electron chi connectivity index (χ3n) is 2.69. The number of carbonyl (C=O) groups is 1. The number of nitrogens with zero attached hydrogens (tertiary/aromatic N) is 1. The van der Waals surface area contributed by atoms with Crippen LogP contribution >= 0.6 is 0 Å².